The van der Waals surface area contributed by atoms with Crippen LogP contribution in [0, 0.1) is 5.92 Å². The van der Waals surface area contributed by atoms with Crippen molar-refractivity contribution in [3.8, 4) is 11.5 Å². The standard InChI is InChI=1S/C17H25NO3/c1-5-11(3)17(19)18-10-14-9-16-13(7-12(4)21-16)8-15(14)20-6-2/h8-9,11-12H,5-7,10H2,1-4H3,(H,18,19)/t11-,12-/m1/s1. The van der Waals surface area contributed by atoms with Gasteiger partial charge in [-0.25, -0.2) is 0 Å². The van der Waals surface area contributed by atoms with Gasteiger partial charge in [0.1, 0.15) is 17.6 Å². The molecule has 1 N–H and O–H groups in total. The Morgan fingerprint density at radius 3 is 2.90 bits per heavy atom. The third kappa shape index (κ3) is 3.69. The molecule has 0 bridgehead atoms. The lowest BCUT2D eigenvalue weighted by molar-refractivity contribution is -0.124. The van der Waals surface area contributed by atoms with Gasteiger partial charge >= 0.3 is 0 Å². The Hall–Kier alpha value is -1.71. The first-order valence-electron chi connectivity index (χ1n) is 7.78. The van der Waals surface area contributed by atoms with E-state index in [-0.39, 0.29) is 17.9 Å². The van der Waals surface area contributed by atoms with E-state index in [0.29, 0.717) is 13.2 Å². The molecule has 1 aromatic carbocycles. The smallest absolute Gasteiger partial charge is 0.223 e. The highest BCUT2D eigenvalue weighted by atomic mass is 16.5. The molecule has 0 saturated carbocycles. The zero-order chi connectivity index (χ0) is 15.4. The lowest BCUT2D eigenvalue weighted by atomic mass is 10.1. The molecule has 1 heterocycles. The molecule has 0 aromatic heterocycles. The SMILES string of the molecule is CCOc1cc2c(cc1CNC(=O)[C@H](C)CC)O[C@H](C)C2. The van der Waals surface area contributed by atoms with Gasteiger partial charge in [0, 0.05) is 30.0 Å². The Balaban J connectivity index is 2.14. The maximum absolute atomic E-state index is 11.9. The average Bonchev–Trinajstić information content (AvgIpc) is 2.82. The molecule has 1 amide bonds. The van der Waals surface area contributed by atoms with E-state index in [0.717, 1.165) is 29.9 Å². The van der Waals surface area contributed by atoms with Crippen molar-refractivity contribution in [1.29, 1.82) is 0 Å². The number of fused-ring (bicyclic) bond motifs is 1. The van der Waals surface area contributed by atoms with Crippen LogP contribution in [0.2, 0.25) is 0 Å². The topological polar surface area (TPSA) is 47.6 Å². The minimum absolute atomic E-state index is 0.0336. The summed E-state index contributed by atoms with van der Waals surface area (Å²) in [4.78, 5) is 11.9. The highest BCUT2D eigenvalue weighted by molar-refractivity contribution is 5.78. The van der Waals surface area contributed by atoms with Crippen LogP contribution in [-0.4, -0.2) is 18.6 Å². The van der Waals surface area contributed by atoms with Gasteiger partial charge in [0.2, 0.25) is 5.91 Å². The van der Waals surface area contributed by atoms with Crippen LogP contribution in [0.4, 0.5) is 0 Å². The van der Waals surface area contributed by atoms with Crippen molar-refractivity contribution in [3.63, 3.8) is 0 Å². The Morgan fingerprint density at radius 2 is 2.24 bits per heavy atom. The summed E-state index contributed by atoms with van der Waals surface area (Å²) in [6, 6.07) is 4.05. The summed E-state index contributed by atoms with van der Waals surface area (Å²) in [6.07, 6.45) is 1.96. The number of hydrogen-bond donors (Lipinski definition) is 1. The Bertz CT molecular complexity index is 513. The van der Waals surface area contributed by atoms with Crippen LogP contribution in [0.25, 0.3) is 0 Å². The number of benzene rings is 1. The predicted molar refractivity (Wildman–Crippen MR) is 82.7 cm³/mol. The largest absolute Gasteiger partial charge is 0.494 e. The van der Waals surface area contributed by atoms with Crippen LogP contribution < -0.4 is 14.8 Å². The predicted octanol–water partition coefficient (Wildman–Crippen LogP) is 3.07. The van der Waals surface area contributed by atoms with E-state index in [9.17, 15) is 4.79 Å². The van der Waals surface area contributed by atoms with Gasteiger partial charge in [-0.3, -0.25) is 4.79 Å². The first-order valence-corrected chi connectivity index (χ1v) is 7.78. The summed E-state index contributed by atoms with van der Waals surface area (Å²) >= 11 is 0. The van der Waals surface area contributed by atoms with Gasteiger partial charge < -0.3 is 14.8 Å². The van der Waals surface area contributed by atoms with Gasteiger partial charge in [-0.2, -0.15) is 0 Å². The molecule has 4 heteroatoms. The minimum Gasteiger partial charge on any atom is -0.494 e. The van der Waals surface area contributed by atoms with Crippen molar-refractivity contribution in [2.75, 3.05) is 6.61 Å². The molecule has 1 aliphatic rings. The van der Waals surface area contributed by atoms with E-state index in [4.69, 9.17) is 9.47 Å². The Kier molecular flexibility index (Phi) is 5.10. The summed E-state index contributed by atoms with van der Waals surface area (Å²) in [5.74, 6) is 1.87. The van der Waals surface area contributed by atoms with Crippen molar-refractivity contribution < 1.29 is 14.3 Å². The molecule has 0 fully saturated rings. The summed E-state index contributed by atoms with van der Waals surface area (Å²) in [5.41, 5.74) is 2.16. The zero-order valence-corrected chi connectivity index (χ0v) is 13.4. The van der Waals surface area contributed by atoms with E-state index in [1.165, 1.54) is 5.56 Å². The normalized spacial score (nSPS) is 17.8. The molecule has 0 spiro atoms. The van der Waals surface area contributed by atoms with Crippen molar-refractivity contribution in [1.82, 2.24) is 5.32 Å². The molecule has 21 heavy (non-hydrogen) atoms. The first kappa shape index (κ1) is 15.7. The monoisotopic (exact) mass is 291 g/mol. The second-order valence-electron chi connectivity index (χ2n) is 5.66. The fraction of sp³-hybridized carbons (Fsp3) is 0.588. The van der Waals surface area contributed by atoms with Crippen molar-refractivity contribution in [2.45, 2.75) is 53.2 Å². The summed E-state index contributed by atoms with van der Waals surface area (Å²) in [7, 11) is 0. The third-order valence-corrected chi connectivity index (χ3v) is 3.89. The highest BCUT2D eigenvalue weighted by Crippen LogP contribution is 2.35. The summed E-state index contributed by atoms with van der Waals surface area (Å²) in [6.45, 7) is 9.07. The average molecular weight is 291 g/mol. The minimum atomic E-state index is 0.0336. The Morgan fingerprint density at radius 1 is 1.48 bits per heavy atom. The lowest BCUT2D eigenvalue weighted by Crippen LogP contribution is -2.28. The molecular weight excluding hydrogens is 266 g/mol. The number of carbonyl (C=O) groups is 1. The molecule has 0 radical (unpaired) electrons. The van der Waals surface area contributed by atoms with Gasteiger partial charge in [0.25, 0.3) is 0 Å². The first-order chi connectivity index (χ1) is 10.0. The van der Waals surface area contributed by atoms with E-state index in [1.54, 1.807) is 0 Å². The van der Waals surface area contributed by atoms with Gasteiger partial charge in [0.05, 0.1) is 6.61 Å². The van der Waals surface area contributed by atoms with Crippen LogP contribution >= 0.6 is 0 Å². The number of carbonyl (C=O) groups excluding carboxylic acids is 1. The molecule has 0 saturated heterocycles. The van der Waals surface area contributed by atoms with Crippen molar-refractivity contribution in [3.05, 3.63) is 23.3 Å². The van der Waals surface area contributed by atoms with Gasteiger partial charge in [-0.05, 0) is 32.4 Å². The van der Waals surface area contributed by atoms with Gasteiger partial charge in [0.15, 0.2) is 0 Å². The van der Waals surface area contributed by atoms with Gasteiger partial charge in [-0.15, -0.1) is 0 Å². The molecule has 4 nitrogen and oxygen atoms in total. The molecule has 2 atom stereocenters. The second kappa shape index (κ2) is 6.83. The third-order valence-electron chi connectivity index (χ3n) is 3.89. The highest BCUT2D eigenvalue weighted by Gasteiger charge is 2.22. The van der Waals surface area contributed by atoms with E-state index >= 15 is 0 Å². The van der Waals surface area contributed by atoms with Crippen LogP contribution in [-0.2, 0) is 17.8 Å². The summed E-state index contributed by atoms with van der Waals surface area (Å²) < 4.78 is 11.5. The fourth-order valence-electron chi connectivity index (χ4n) is 2.45. The number of rotatable bonds is 6. The van der Waals surface area contributed by atoms with E-state index < -0.39 is 0 Å². The number of nitrogens with one attached hydrogen (secondary N) is 1. The molecular formula is C17H25NO3. The van der Waals surface area contributed by atoms with Crippen LogP contribution in [0.15, 0.2) is 12.1 Å². The lowest BCUT2D eigenvalue weighted by Gasteiger charge is -2.15. The number of ether oxygens (including phenoxy) is 2. The van der Waals surface area contributed by atoms with E-state index in [1.807, 2.05) is 32.9 Å². The number of hydrogen-bond acceptors (Lipinski definition) is 3. The van der Waals surface area contributed by atoms with E-state index in [2.05, 4.69) is 12.2 Å². The molecule has 1 aliphatic heterocycles. The fourth-order valence-corrected chi connectivity index (χ4v) is 2.45. The molecule has 2 rings (SSSR count). The van der Waals surface area contributed by atoms with Crippen LogP contribution in [0.3, 0.4) is 0 Å². The van der Waals surface area contributed by atoms with Gasteiger partial charge in [-0.1, -0.05) is 13.8 Å². The zero-order valence-electron chi connectivity index (χ0n) is 13.4. The van der Waals surface area contributed by atoms with Crippen LogP contribution in [0.5, 0.6) is 11.5 Å². The van der Waals surface area contributed by atoms with Crippen molar-refractivity contribution >= 4 is 5.91 Å². The maximum Gasteiger partial charge on any atom is 0.223 e. The quantitative estimate of drug-likeness (QED) is 0.876. The maximum atomic E-state index is 11.9. The number of amides is 1. The second-order valence-corrected chi connectivity index (χ2v) is 5.66. The molecule has 0 unspecified atom stereocenters. The molecule has 0 aliphatic carbocycles. The van der Waals surface area contributed by atoms with Crippen molar-refractivity contribution in [2.24, 2.45) is 5.92 Å². The van der Waals surface area contributed by atoms with Crippen LogP contribution in [0.1, 0.15) is 45.2 Å². The molecule has 1 aromatic rings. The Labute approximate surface area is 126 Å². The summed E-state index contributed by atoms with van der Waals surface area (Å²) in [5, 5.41) is 2.98. The molecule has 116 valence electrons.